The van der Waals surface area contributed by atoms with Gasteiger partial charge in [-0.2, -0.15) is 0 Å². The fraction of sp³-hybridized carbons (Fsp3) is 0.389. The topological polar surface area (TPSA) is 76.2 Å². The van der Waals surface area contributed by atoms with Crippen LogP contribution in [0.2, 0.25) is 0 Å². The van der Waals surface area contributed by atoms with E-state index in [4.69, 9.17) is 4.52 Å². The molecule has 0 saturated carbocycles. The number of hydrogen-bond acceptors (Lipinski definition) is 6. The Kier molecular flexibility index (Phi) is 4.60. The molecule has 1 atom stereocenters. The van der Waals surface area contributed by atoms with Gasteiger partial charge in [-0.1, -0.05) is 11.2 Å². The van der Waals surface area contributed by atoms with Gasteiger partial charge in [0.15, 0.2) is 0 Å². The first-order valence-corrected chi connectivity index (χ1v) is 9.44. The maximum atomic E-state index is 12.8. The zero-order valence-electron chi connectivity index (χ0n) is 14.8. The standard InChI is InChI=1S/C18H21N5O2S/c1-12-16(13(2)25-21-12)9-22-8-14-6-19-11-23(14)17(10-22)18(24)20-7-15-4-3-5-26-15/h3-6,11,17H,7-10H2,1-2H3,(H,20,24). The van der Waals surface area contributed by atoms with Gasteiger partial charge >= 0.3 is 0 Å². The number of thiophene rings is 1. The first-order chi connectivity index (χ1) is 12.6. The second-order valence-corrected chi connectivity index (χ2v) is 7.61. The molecule has 3 aromatic rings. The summed E-state index contributed by atoms with van der Waals surface area (Å²) in [5, 5.41) is 9.10. The van der Waals surface area contributed by atoms with E-state index in [0.717, 1.165) is 34.1 Å². The minimum atomic E-state index is -0.290. The molecule has 0 spiro atoms. The summed E-state index contributed by atoms with van der Waals surface area (Å²) >= 11 is 1.64. The summed E-state index contributed by atoms with van der Waals surface area (Å²) < 4.78 is 7.25. The molecular formula is C18H21N5O2S. The fourth-order valence-corrected chi connectivity index (χ4v) is 3.99. The molecule has 4 heterocycles. The Morgan fingerprint density at radius 1 is 1.46 bits per heavy atom. The van der Waals surface area contributed by atoms with Crippen molar-refractivity contribution in [1.29, 1.82) is 0 Å². The molecule has 1 unspecified atom stereocenters. The Balaban J connectivity index is 1.50. The average Bonchev–Trinajstić information content (AvgIpc) is 3.37. The first kappa shape index (κ1) is 17.0. The molecule has 0 aromatic carbocycles. The van der Waals surface area contributed by atoms with Gasteiger partial charge < -0.3 is 14.4 Å². The third-order valence-electron chi connectivity index (χ3n) is 4.78. The maximum absolute atomic E-state index is 12.8. The summed E-state index contributed by atoms with van der Waals surface area (Å²) in [6.07, 6.45) is 3.58. The number of aryl methyl sites for hydroxylation is 2. The number of hydrogen-bond donors (Lipinski definition) is 1. The van der Waals surface area contributed by atoms with Crippen molar-refractivity contribution in [2.75, 3.05) is 6.54 Å². The van der Waals surface area contributed by atoms with E-state index in [1.165, 1.54) is 0 Å². The Morgan fingerprint density at radius 3 is 3.08 bits per heavy atom. The summed E-state index contributed by atoms with van der Waals surface area (Å²) in [5.74, 6) is 0.849. The summed E-state index contributed by atoms with van der Waals surface area (Å²) in [6, 6.07) is 3.73. The quantitative estimate of drug-likeness (QED) is 0.745. The summed E-state index contributed by atoms with van der Waals surface area (Å²) in [6.45, 7) is 6.52. The van der Waals surface area contributed by atoms with E-state index >= 15 is 0 Å². The minimum Gasteiger partial charge on any atom is -0.361 e. The van der Waals surface area contributed by atoms with Crippen LogP contribution in [0.25, 0.3) is 0 Å². The Hall–Kier alpha value is -2.45. The predicted molar refractivity (Wildman–Crippen MR) is 97.5 cm³/mol. The third-order valence-corrected chi connectivity index (χ3v) is 5.66. The van der Waals surface area contributed by atoms with Crippen LogP contribution >= 0.6 is 11.3 Å². The molecule has 4 rings (SSSR count). The van der Waals surface area contributed by atoms with Gasteiger partial charge in [0.1, 0.15) is 11.8 Å². The van der Waals surface area contributed by atoms with Gasteiger partial charge in [-0.3, -0.25) is 9.69 Å². The monoisotopic (exact) mass is 371 g/mol. The van der Waals surface area contributed by atoms with Gasteiger partial charge in [0.25, 0.3) is 0 Å². The van der Waals surface area contributed by atoms with E-state index in [-0.39, 0.29) is 11.9 Å². The molecule has 1 aliphatic heterocycles. The van der Waals surface area contributed by atoms with Crippen LogP contribution in [0, 0.1) is 13.8 Å². The highest BCUT2D eigenvalue weighted by atomic mass is 32.1. The van der Waals surface area contributed by atoms with Gasteiger partial charge in [0.05, 0.1) is 24.3 Å². The molecule has 0 bridgehead atoms. The van der Waals surface area contributed by atoms with Crippen LogP contribution < -0.4 is 5.32 Å². The average molecular weight is 371 g/mol. The largest absolute Gasteiger partial charge is 0.361 e. The summed E-state index contributed by atoms with van der Waals surface area (Å²) in [7, 11) is 0. The molecular weight excluding hydrogens is 350 g/mol. The minimum absolute atomic E-state index is 0.0149. The number of fused-ring (bicyclic) bond motifs is 1. The fourth-order valence-electron chi connectivity index (χ4n) is 3.35. The lowest BCUT2D eigenvalue weighted by Gasteiger charge is -2.33. The normalized spacial score (nSPS) is 17.2. The Morgan fingerprint density at radius 2 is 2.35 bits per heavy atom. The van der Waals surface area contributed by atoms with Gasteiger partial charge in [0.2, 0.25) is 5.91 Å². The predicted octanol–water partition coefficient (Wildman–Crippen LogP) is 2.42. The van der Waals surface area contributed by atoms with E-state index < -0.39 is 0 Å². The molecule has 0 radical (unpaired) electrons. The Bertz CT molecular complexity index is 879. The smallest absolute Gasteiger partial charge is 0.244 e. The SMILES string of the molecule is Cc1noc(C)c1CN1Cc2cncn2C(C(=O)NCc2cccs2)C1. The van der Waals surface area contributed by atoms with Crippen LogP contribution in [0.1, 0.15) is 33.6 Å². The van der Waals surface area contributed by atoms with E-state index in [2.05, 4.69) is 20.4 Å². The van der Waals surface area contributed by atoms with E-state index in [1.54, 1.807) is 17.7 Å². The van der Waals surface area contributed by atoms with Crippen LogP contribution in [0.3, 0.4) is 0 Å². The molecule has 3 aromatic heterocycles. The highest BCUT2D eigenvalue weighted by Gasteiger charge is 2.31. The molecule has 0 fully saturated rings. The molecule has 1 aliphatic rings. The van der Waals surface area contributed by atoms with Gasteiger partial charge in [0, 0.05) is 36.3 Å². The van der Waals surface area contributed by atoms with Crippen LogP contribution in [0.4, 0.5) is 0 Å². The molecule has 1 N–H and O–H groups in total. The lowest BCUT2D eigenvalue weighted by atomic mass is 10.1. The second kappa shape index (κ2) is 7.05. The van der Waals surface area contributed by atoms with Gasteiger partial charge in [-0.25, -0.2) is 4.98 Å². The van der Waals surface area contributed by atoms with Crippen LogP contribution in [-0.2, 0) is 24.4 Å². The molecule has 0 saturated heterocycles. The van der Waals surface area contributed by atoms with Crippen LogP contribution in [0.5, 0.6) is 0 Å². The molecule has 26 heavy (non-hydrogen) atoms. The van der Waals surface area contributed by atoms with Crippen molar-refractivity contribution in [2.45, 2.75) is 39.5 Å². The zero-order valence-corrected chi connectivity index (χ0v) is 15.6. The number of aromatic nitrogens is 3. The van der Waals surface area contributed by atoms with Crippen molar-refractivity contribution < 1.29 is 9.32 Å². The number of amides is 1. The third kappa shape index (κ3) is 3.30. The van der Waals surface area contributed by atoms with Crippen LogP contribution in [-0.4, -0.2) is 32.1 Å². The molecule has 136 valence electrons. The number of rotatable bonds is 5. The van der Waals surface area contributed by atoms with Crippen molar-refractivity contribution in [3.8, 4) is 0 Å². The molecule has 7 nitrogen and oxygen atoms in total. The van der Waals surface area contributed by atoms with Crippen molar-refractivity contribution in [2.24, 2.45) is 0 Å². The molecule has 0 aliphatic carbocycles. The van der Waals surface area contributed by atoms with Crippen molar-refractivity contribution in [3.05, 3.63) is 57.6 Å². The number of nitrogens with zero attached hydrogens (tertiary/aromatic N) is 4. The summed E-state index contributed by atoms with van der Waals surface area (Å²) in [4.78, 5) is 20.5. The first-order valence-electron chi connectivity index (χ1n) is 8.56. The number of imidazole rings is 1. The number of carbonyl (C=O) groups is 1. The van der Waals surface area contributed by atoms with Gasteiger partial charge in [-0.05, 0) is 25.3 Å². The van der Waals surface area contributed by atoms with Crippen LogP contribution in [0.15, 0.2) is 34.6 Å². The summed E-state index contributed by atoms with van der Waals surface area (Å²) in [5.41, 5.74) is 3.04. The Labute approximate surface area is 155 Å². The van der Waals surface area contributed by atoms with Crippen molar-refractivity contribution in [1.82, 2.24) is 24.9 Å². The molecule has 8 heteroatoms. The van der Waals surface area contributed by atoms with E-state index in [9.17, 15) is 4.79 Å². The van der Waals surface area contributed by atoms with E-state index in [1.807, 2.05) is 42.1 Å². The zero-order chi connectivity index (χ0) is 18.1. The maximum Gasteiger partial charge on any atom is 0.244 e. The van der Waals surface area contributed by atoms with Crippen molar-refractivity contribution in [3.63, 3.8) is 0 Å². The van der Waals surface area contributed by atoms with Gasteiger partial charge in [-0.15, -0.1) is 11.3 Å². The number of nitrogens with one attached hydrogen (secondary N) is 1. The highest BCUT2D eigenvalue weighted by molar-refractivity contribution is 7.09. The molecule has 1 amide bonds. The number of carbonyl (C=O) groups excluding carboxylic acids is 1. The lowest BCUT2D eigenvalue weighted by Crippen LogP contribution is -2.44. The highest BCUT2D eigenvalue weighted by Crippen LogP contribution is 2.24. The van der Waals surface area contributed by atoms with Crippen molar-refractivity contribution >= 4 is 17.2 Å². The second-order valence-electron chi connectivity index (χ2n) is 6.58. The lowest BCUT2D eigenvalue weighted by molar-refractivity contribution is -0.125. The van der Waals surface area contributed by atoms with E-state index in [0.29, 0.717) is 19.6 Å².